The van der Waals surface area contributed by atoms with Gasteiger partial charge in [-0.15, -0.1) is 0 Å². The molecule has 3 amide bonds. The van der Waals surface area contributed by atoms with Crippen LogP contribution in [0.1, 0.15) is 37.3 Å². The van der Waals surface area contributed by atoms with E-state index in [4.69, 9.17) is 17.3 Å². The molecule has 4 atom stereocenters. The number of amides is 3. The molecule has 0 radical (unpaired) electrons. The number of rotatable bonds is 12. The van der Waals surface area contributed by atoms with Crippen molar-refractivity contribution in [1.29, 1.82) is 0 Å². The molecule has 3 rings (SSSR count). The maximum Gasteiger partial charge on any atom is 0.304 e. The van der Waals surface area contributed by atoms with E-state index in [1.807, 2.05) is 42.5 Å². The number of carbonyl (C=O) groups excluding carboxylic acids is 3. The Kier molecular flexibility index (Phi) is 11.3. The molecule has 10 nitrogen and oxygen atoms in total. The Labute approximate surface area is 245 Å². The highest BCUT2D eigenvalue weighted by molar-refractivity contribution is 6.30. The number of piperidine rings is 1. The fourth-order valence-electron chi connectivity index (χ4n) is 5.39. The predicted octanol–water partition coefficient (Wildman–Crippen LogP) is 1.86. The number of carboxylic acid groups (broad SMARTS) is 1. The highest BCUT2D eigenvalue weighted by Crippen LogP contribution is 2.33. The molecule has 222 valence electrons. The summed E-state index contributed by atoms with van der Waals surface area (Å²) >= 11 is 6.10. The van der Waals surface area contributed by atoms with Crippen LogP contribution >= 0.6 is 11.6 Å². The molecule has 0 saturated carbocycles. The normalized spacial score (nSPS) is 19.1. The first kappa shape index (κ1) is 32.0. The van der Waals surface area contributed by atoms with Gasteiger partial charge in [-0.1, -0.05) is 54.1 Å². The second-order valence-corrected chi connectivity index (χ2v) is 11.2. The number of hydrogen-bond donors (Lipinski definition) is 4. The molecule has 5 N–H and O–H groups in total. The first-order valence-electron chi connectivity index (χ1n) is 13.7. The van der Waals surface area contributed by atoms with Crippen molar-refractivity contribution in [2.75, 3.05) is 26.7 Å². The van der Waals surface area contributed by atoms with E-state index in [1.165, 1.54) is 11.8 Å². The monoisotopic (exact) mass is 586 g/mol. The zero-order valence-corrected chi connectivity index (χ0v) is 24.2. The van der Waals surface area contributed by atoms with E-state index >= 15 is 0 Å². The summed E-state index contributed by atoms with van der Waals surface area (Å²) in [4.78, 5) is 54.7. The number of nitrogens with two attached hydrogens (primary N) is 1. The number of aliphatic hydroxyl groups is 1. The zero-order valence-electron chi connectivity index (χ0n) is 23.5. The number of hydrogen-bond acceptors (Lipinski definition) is 6. The van der Waals surface area contributed by atoms with Gasteiger partial charge in [-0.3, -0.25) is 19.2 Å². The third-order valence-electron chi connectivity index (χ3n) is 7.66. The van der Waals surface area contributed by atoms with Crippen LogP contribution < -0.4 is 11.1 Å². The summed E-state index contributed by atoms with van der Waals surface area (Å²) in [5.74, 6) is -3.22. The van der Waals surface area contributed by atoms with Crippen molar-refractivity contribution in [3.8, 4) is 0 Å². The van der Waals surface area contributed by atoms with Gasteiger partial charge in [0.15, 0.2) is 0 Å². The molecule has 1 aliphatic heterocycles. The van der Waals surface area contributed by atoms with Crippen molar-refractivity contribution in [3.63, 3.8) is 0 Å². The van der Waals surface area contributed by atoms with Gasteiger partial charge in [0.1, 0.15) is 6.04 Å². The number of benzene rings is 2. The average molecular weight is 587 g/mol. The van der Waals surface area contributed by atoms with Crippen LogP contribution in [0.3, 0.4) is 0 Å². The van der Waals surface area contributed by atoms with Crippen LogP contribution in [0, 0.1) is 5.92 Å². The topological polar surface area (TPSA) is 153 Å². The molecular weight excluding hydrogens is 548 g/mol. The molecule has 0 unspecified atom stereocenters. The van der Waals surface area contributed by atoms with Gasteiger partial charge in [-0.25, -0.2) is 0 Å². The highest BCUT2D eigenvalue weighted by Gasteiger charge is 2.45. The van der Waals surface area contributed by atoms with E-state index in [2.05, 4.69) is 5.32 Å². The van der Waals surface area contributed by atoms with Crippen molar-refractivity contribution in [3.05, 3.63) is 70.7 Å². The van der Waals surface area contributed by atoms with Crippen LogP contribution in [0.4, 0.5) is 0 Å². The maximum absolute atomic E-state index is 13.9. The number of aliphatic carboxylic acids is 1. The molecule has 0 bridgehead atoms. The second-order valence-electron chi connectivity index (χ2n) is 10.8. The zero-order chi connectivity index (χ0) is 30.2. The molecule has 1 heterocycles. The molecule has 1 fully saturated rings. The van der Waals surface area contributed by atoms with Crippen molar-refractivity contribution in [2.45, 2.75) is 56.7 Å². The molecule has 0 aliphatic carbocycles. The Morgan fingerprint density at radius 1 is 1.10 bits per heavy atom. The largest absolute Gasteiger partial charge is 0.481 e. The van der Waals surface area contributed by atoms with E-state index in [9.17, 15) is 29.4 Å². The molecule has 2 aromatic carbocycles. The number of nitrogens with one attached hydrogen (secondary N) is 1. The van der Waals surface area contributed by atoms with Gasteiger partial charge < -0.3 is 31.1 Å². The van der Waals surface area contributed by atoms with E-state index in [0.29, 0.717) is 30.8 Å². The molecule has 0 aromatic heterocycles. The molecule has 1 saturated heterocycles. The quantitative estimate of drug-likeness (QED) is 0.296. The first-order chi connectivity index (χ1) is 19.5. The van der Waals surface area contributed by atoms with E-state index in [0.717, 1.165) is 11.1 Å². The fourth-order valence-corrected chi connectivity index (χ4v) is 5.52. The van der Waals surface area contributed by atoms with Gasteiger partial charge in [0.25, 0.3) is 0 Å². The maximum atomic E-state index is 13.9. The van der Waals surface area contributed by atoms with Crippen LogP contribution in [-0.4, -0.2) is 88.1 Å². The van der Waals surface area contributed by atoms with Gasteiger partial charge in [0.2, 0.25) is 17.7 Å². The van der Waals surface area contributed by atoms with Crippen LogP contribution in [0.25, 0.3) is 0 Å². The van der Waals surface area contributed by atoms with Gasteiger partial charge in [-0.2, -0.15) is 0 Å². The standard InChI is InChI=1S/C30H39ClN4O6/c1-20(32)27(39)33-25(18-36)29(41)34(2)30(17-22-9-11-24(31)12-10-22)13-6-14-35(19-30)28(40)23(16-26(37)38)15-21-7-4-3-5-8-21/h3-5,7-12,20,23,25,36H,6,13-19,32H2,1-2H3,(H,33,39)(H,37,38)/t20-,23+,25-,30+/m0/s1. The second kappa shape index (κ2) is 14.4. The third-order valence-corrected chi connectivity index (χ3v) is 7.91. The van der Waals surface area contributed by atoms with E-state index < -0.39 is 47.9 Å². The number of carbonyl (C=O) groups is 4. The minimum Gasteiger partial charge on any atom is -0.481 e. The number of carboxylic acids is 1. The van der Waals surface area contributed by atoms with E-state index in [1.54, 1.807) is 24.1 Å². The summed E-state index contributed by atoms with van der Waals surface area (Å²) in [7, 11) is 1.60. The summed E-state index contributed by atoms with van der Waals surface area (Å²) in [6.45, 7) is 1.42. The Bertz CT molecular complexity index is 1210. The number of likely N-dealkylation sites (tertiary alicyclic amines) is 1. The average Bonchev–Trinajstić information content (AvgIpc) is 2.95. The molecule has 1 aliphatic rings. The number of aliphatic hydroxyl groups excluding tert-OH is 1. The molecule has 41 heavy (non-hydrogen) atoms. The predicted molar refractivity (Wildman–Crippen MR) is 155 cm³/mol. The van der Waals surface area contributed by atoms with Gasteiger partial charge in [0.05, 0.1) is 30.5 Å². The Hall–Kier alpha value is -3.47. The summed E-state index contributed by atoms with van der Waals surface area (Å²) in [5.41, 5.74) is 6.50. The third kappa shape index (κ3) is 8.51. The van der Waals surface area contributed by atoms with Gasteiger partial charge >= 0.3 is 5.97 Å². The van der Waals surface area contributed by atoms with E-state index in [-0.39, 0.29) is 25.3 Å². The van der Waals surface area contributed by atoms with Crippen molar-refractivity contribution < 1.29 is 29.4 Å². The van der Waals surface area contributed by atoms with Crippen LogP contribution in [0.5, 0.6) is 0 Å². The van der Waals surface area contributed by atoms with Crippen molar-refractivity contribution >= 4 is 35.3 Å². The minimum atomic E-state index is -1.22. The van der Waals surface area contributed by atoms with Crippen LogP contribution in [-0.2, 0) is 32.0 Å². The molecular formula is C30H39ClN4O6. The summed E-state index contributed by atoms with van der Waals surface area (Å²) in [6.07, 6.45) is 1.44. The SMILES string of the molecule is C[C@H](N)C(=O)N[C@@H](CO)C(=O)N(C)[C@@]1(Cc2ccc(Cl)cc2)CCCN(C(=O)[C@@H](CC(=O)O)Cc2ccccc2)C1. The van der Waals surface area contributed by atoms with Crippen molar-refractivity contribution in [1.82, 2.24) is 15.1 Å². The summed E-state index contributed by atoms with van der Waals surface area (Å²) in [5, 5.41) is 22.6. The first-order valence-corrected chi connectivity index (χ1v) is 14.1. The van der Waals surface area contributed by atoms with Crippen LogP contribution in [0.15, 0.2) is 54.6 Å². The molecule has 0 spiro atoms. The summed E-state index contributed by atoms with van der Waals surface area (Å²) in [6, 6.07) is 14.4. The lowest BCUT2D eigenvalue weighted by atomic mass is 9.80. The van der Waals surface area contributed by atoms with Gasteiger partial charge in [-0.05, 0) is 55.9 Å². The Morgan fingerprint density at radius 3 is 2.34 bits per heavy atom. The van der Waals surface area contributed by atoms with Crippen LogP contribution in [0.2, 0.25) is 5.02 Å². The molecule has 2 aromatic rings. The van der Waals surface area contributed by atoms with Gasteiger partial charge in [0, 0.05) is 25.2 Å². The Balaban J connectivity index is 1.94. The lowest BCUT2D eigenvalue weighted by Gasteiger charge is -2.49. The smallest absolute Gasteiger partial charge is 0.304 e. The minimum absolute atomic E-state index is 0.154. The lowest BCUT2D eigenvalue weighted by Crippen LogP contribution is -2.65. The fraction of sp³-hybridized carbons (Fsp3) is 0.467. The van der Waals surface area contributed by atoms with Crippen molar-refractivity contribution in [2.24, 2.45) is 11.7 Å². The number of halogens is 1. The highest BCUT2D eigenvalue weighted by atomic mass is 35.5. The number of likely N-dealkylation sites (N-methyl/N-ethyl adjacent to an activating group) is 1. The molecule has 11 heteroatoms. The lowest BCUT2D eigenvalue weighted by molar-refractivity contribution is -0.150. The number of nitrogens with zero attached hydrogens (tertiary/aromatic N) is 2. The summed E-state index contributed by atoms with van der Waals surface area (Å²) < 4.78 is 0. The Morgan fingerprint density at radius 2 is 1.76 bits per heavy atom.